The Bertz CT molecular complexity index is 1010. The van der Waals surface area contributed by atoms with Crippen LogP contribution in [0, 0.1) is 0 Å². The van der Waals surface area contributed by atoms with Gasteiger partial charge in [-0.2, -0.15) is 0 Å². The lowest BCUT2D eigenvalue weighted by Crippen LogP contribution is -2.27. The molecule has 0 aromatic heterocycles. The highest BCUT2D eigenvalue weighted by molar-refractivity contribution is 6.09. The molecule has 0 saturated carbocycles. The van der Waals surface area contributed by atoms with E-state index < -0.39 is 11.8 Å². The van der Waals surface area contributed by atoms with Crippen LogP contribution in [0.25, 0.3) is 0 Å². The molecule has 2 atom stereocenters. The summed E-state index contributed by atoms with van der Waals surface area (Å²) in [5, 5.41) is 0. The summed E-state index contributed by atoms with van der Waals surface area (Å²) < 4.78 is 0. The summed E-state index contributed by atoms with van der Waals surface area (Å²) in [4.78, 5) is 27.5. The van der Waals surface area contributed by atoms with Crippen LogP contribution in [-0.4, -0.2) is 11.6 Å². The number of benzene rings is 4. The van der Waals surface area contributed by atoms with Crippen LogP contribution in [0.4, 0.5) is 0 Å². The molecule has 30 heavy (non-hydrogen) atoms. The third kappa shape index (κ3) is 4.13. The number of hydrogen-bond donors (Lipinski definition) is 0. The van der Waals surface area contributed by atoms with Crippen molar-refractivity contribution in [3.63, 3.8) is 0 Å². The quantitative estimate of drug-likeness (QED) is 0.346. The molecule has 2 unspecified atom stereocenters. The molecule has 0 heterocycles. The van der Waals surface area contributed by atoms with Gasteiger partial charge in [-0.15, -0.1) is 0 Å². The van der Waals surface area contributed by atoms with Crippen LogP contribution in [-0.2, 0) is 0 Å². The van der Waals surface area contributed by atoms with Crippen molar-refractivity contribution in [3.8, 4) is 0 Å². The van der Waals surface area contributed by atoms with E-state index in [9.17, 15) is 9.59 Å². The number of Topliss-reactive ketones (excluding diaryl/α,β-unsaturated/α-hetero) is 2. The molecule has 0 aliphatic rings. The van der Waals surface area contributed by atoms with E-state index in [2.05, 4.69) is 0 Å². The molecule has 4 aromatic carbocycles. The van der Waals surface area contributed by atoms with Gasteiger partial charge in [0.1, 0.15) is 0 Å². The third-order valence-electron chi connectivity index (χ3n) is 5.33. The Morgan fingerprint density at radius 2 is 0.667 bits per heavy atom. The highest BCUT2D eigenvalue weighted by Gasteiger charge is 2.36. The smallest absolute Gasteiger partial charge is 0.171 e. The van der Waals surface area contributed by atoms with Crippen LogP contribution in [0.1, 0.15) is 43.7 Å². The fourth-order valence-corrected chi connectivity index (χ4v) is 3.88. The number of carbonyl (C=O) groups is 2. The Balaban J connectivity index is 1.89. The second-order valence-electron chi connectivity index (χ2n) is 7.24. The normalized spacial score (nSPS) is 12.7. The first kappa shape index (κ1) is 19.5. The van der Waals surface area contributed by atoms with Gasteiger partial charge in [0.15, 0.2) is 11.6 Å². The first-order valence-corrected chi connectivity index (χ1v) is 10.0. The number of ketones is 2. The Kier molecular flexibility index (Phi) is 5.95. The number of hydrogen-bond acceptors (Lipinski definition) is 2. The maximum atomic E-state index is 13.7. The third-order valence-corrected chi connectivity index (χ3v) is 5.33. The summed E-state index contributed by atoms with van der Waals surface area (Å²) in [5.41, 5.74) is 2.88. The van der Waals surface area contributed by atoms with Crippen molar-refractivity contribution in [1.29, 1.82) is 0 Å². The van der Waals surface area contributed by atoms with Gasteiger partial charge in [0.2, 0.25) is 0 Å². The van der Waals surface area contributed by atoms with Gasteiger partial charge in [-0.05, 0) is 11.1 Å². The summed E-state index contributed by atoms with van der Waals surface area (Å²) in [6, 6.07) is 37.6. The van der Waals surface area contributed by atoms with E-state index in [1.54, 1.807) is 0 Å². The Hall–Kier alpha value is -3.78. The molecule has 0 aliphatic heterocycles. The first-order chi connectivity index (χ1) is 14.8. The van der Waals surface area contributed by atoms with Crippen molar-refractivity contribution < 1.29 is 9.59 Å². The molecule has 0 N–H and O–H groups in total. The van der Waals surface area contributed by atoms with Gasteiger partial charge in [-0.1, -0.05) is 121 Å². The zero-order chi connectivity index (χ0) is 20.8. The van der Waals surface area contributed by atoms with Gasteiger partial charge in [0.05, 0.1) is 11.8 Å². The second-order valence-corrected chi connectivity index (χ2v) is 7.24. The topological polar surface area (TPSA) is 34.1 Å². The zero-order valence-electron chi connectivity index (χ0n) is 16.5. The molecule has 0 bridgehead atoms. The number of rotatable bonds is 7. The predicted molar refractivity (Wildman–Crippen MR) is 120 cm³/mol. The van der Waals surface area contributed by atoms with Crippen LogP contribution in [0.5, 0.6) is 0 Å². The summed E-state index contributed by atoms with van der Waals surface area (Å²) in [7, 11) is 0. The second kappa shape index (κ2) is 9.15. The maximum absolute atomic E-state index is 13.7. The lowest BCUT2D eigenvalue weighted by atomic mass is 9.73. The van der Waals surface area contributed by atoms with Gasteiger partial charge in [-0.3, -0.25) is 9.59 Å². The van der Waals surface area contributed by atoms with E-state index >= 15 is 0 Å². The van der Waals surface area contributed by atoms with Gasteiger partial charge in [-0.25, -0.2) is 0 Å². The molecule has 0 radical (unpaired) electrons. The van der Waals surface area contributed by atoms with Gasteiger partial charge in [0.25, 0.3) is 0 Å². The molecule has 0 saturated heterocycles. The highest BCUT2D eigenvalue weighted by atomic mass is 16.1. The monoisotopic (exact) mass is 390 g/mol. The Morgan fingerprint density at radius 3 is 0.967 bits per heavy atom. The van der Waals surface area contributed by atoms with E-state index in [-0.39, 0.29) is 11.6 Å². The largest absolute Gasteiger partial charge is 0.293 e. The lowest BCUT2D eigenvalue weighted by Gasteiger charge is -2.26. The van der Waals surface area contributed by atoms with Crippen molar-refractivity contribution in [2.75, 3.05) is 0 Å². The van der Waals surface area contributed by atoms with Crippen LogP contribution < -0.4 is 0 Å². The van der Waals surface area contributed by atoms with Crippen LogP contribution in [0.3, 0.4) is 0 Å². The van der Waals surface area contributed by atoms with Gasteiger partial charge in [0, 0.05) is 11.1 Å². The first-order valence-electron chi connectivity index (χ1n) is 10.0. The SMILES string of the molecule is O=C(c1ccccc1)C(c1ccccc1)C(C(=O)c1ccccc1)c1ccccc1. The molecule has 146 valence electrons. The van der Waals surface area contributed by atoms with Crippen molar-refractivity contribution in [3.05, 3.63) is 144 Å². The van der Waals surface area contributed by atoms with E-state index in [4.69, 9.17) is 0 Å². The van der Waals surface area contributed by atoms with Crippen molar-refractivity contribution in [2.45, 2.75) is 11.8 Å². The average molecular weight is 390 g/mol. The van der Waals surface area contributed by atoms with Crippen molar-refractivity contribution >= 4 is 11.6 Å². The summed E-state index contributed by atoms with van der Waals surface area (Å²) in [5.74, 6) is -1.35. The zero-order valence-corrected chi connectivity index (χ0v) is 16.5. The summed E-state index contributed by atoms with van der Waals surface area (Å²) >= 11 is 0. The summed E-state index contributed by atoms with van der Waals surface area (Å²) in [6.45, 7) is 0. The molecule has 2 nitrogen and oxygen atoms in total. The molecule has 0 fully saturated rings. The molecule has 0 amide bonds. The fourth-order valence-electron chi connectivity index (χ4n) is 3.88. The minimum Gasteiger partial charge on any atom is -0.293 e. The number of carbonyl (C=O) groups excluding carboxylic acids is 2. The minimum absolute atomic E-state index is 0.0556. The van der Waals surface area contributed by atoms with E-state index in [1.807, 2.05) is 121 Å². The van der Waals surface area contributed by atoms with E-state index in [0.29, 0.717) is 11.1 Å². The van der Waals surface area contributed by atoms with Crippen molar-refractivity contribution in [1.82, 2.24) is 0 Å². The maximum Gasteiger partial charge on any atom is 0.171 e. The minimum atomic E-state index is -0.622. The predicted octanol–water partition coefficient (Wildman–Crippen LogP) is 6.32. The molecule has 4 rings (SSSR count). The van der Waals surface area contributed by atoms with Gasteiger partial charge < -0.3 is 0 Å². The molecular weight excluding hydrogens is 368 g/mol. The molecule has 0 spiro atoms. The lowest BCUT2D eigenvalue weighted by molar-refractivity contribution is 0.0866. The molecular formula is C28H22O2. The van der Waals surface area contributed by atoms with E-state index in [0.717, 1.165) is 11.1 Å². The van der Waals surface area contributed by atoms with Crippen LogP contribution in [0.15, 0.2) is 121 Å². The van der Waals surface area contributed by atoms with Crippen LogP contribution in [0.2, 0.25) is 0 Å². The molecule has 4 aromatic rings. The summed E-state index contributed by atoms with van der Waals surface area (Å²) in [6.07, 6.45) is 0. The Morgan fingerprint density at radius 1 is 0.400 bits per heavy atom. The molecule has 2 heteroatoms. The highest BCUT2D eigenvalue weighted by Crippen LogP contribution is 2.38. The Labute approximate surface area is 176 Å². The van der Waals surface area contributed by atoms with Gasteiger partial charge >= 0.3 is 0 Å². The van der Waals surface area contributed by atoms with Crippen LogP contribution >= 0.6 is 0 Å². The standard InChI is InChI=1S/C28H22O2/c29-27(23-17-9-3-10-18-23)25(21-13-5-1-6-14-21)26(22-15-7-2-8-16-22)28(30)24-19-11-4-12-20-24/h1-20,25-26H. The molecule has 0 aliphatic carbocycles. The fraction of sp³-hybridized carbons (Fsp3) is 0.0714. The van der Waals surface area contributed by atoms with Crippen molar-refractivity contribution in [2.24, 2.45) is 0 Å². The average Bonchev–Trinajstić information content (AvgIpc) is 2.84. The van der Waals surface area contributed by atoms with E-state index in [1.165, 1.54) is 0 Å².